The summed E-state index contributed by atoms with van der Waals surface area (Å²) < 4.78 is 32.9. The molecule has 0 aliphatic carbocycles. The van der Waals surface area contributed by atoms with E-state index in [2.05, 4.69) is 4.72 Å². The summed E-state index contributed by atoms with van der Waals surface area (Å²) in [6.45, 7) is 3.49. The lowest BCUT2D eigenvalue weighted by molar-refractivity contribution is 0.0250. The molecule has 1 aromatic heterocycles. The number of sulfonamides is 1. The molecule has 7 heteroatoms. The highest BCUT2D eigenvalue weighted by atomic mass is 32.2. The Bertz CT molecular complexity index is 519. The minimum atomic E-state index is -3.44. The summed E-state index contributed by atoms with van der Waals surface area (Å²) in [6.07, 6.45) is 2.58. The van der Waals surface area contributed by atoms with Crippen LogP contribution < -0.4 is 10.5 Å². The number of nitrogens with one attached hydrogen (secondary N) is 1. The second kappa shape index (κ2) is 5.88. The van der Waals surface area contributed by atoms with Crippen LogP contribution in [0, 0.1) is 0 Å². The first-order chi connectivity index (χ1) is 8.95. The smallest absolute Gasteiger partial charge is 0.250 e. The van der Waals surface area contributed by atoms with Crippen LogP contribution in [0.5, 0.6) is 0 Å². The number of hydrogen-bond donors (Lipinski definition) is 2. The largest absolute Gasteiger partial charge is 0.374 e. The number of ether oxygens (including phenoxy) is 1. The minimum Gasteiger partial charge on any atom is -0.374 e. The van der Waals surface area contributed by atoms with Gasteiger partial charge in [-0.25, -0.2) is 13.1 Å². The van der Waals surface area contributed by atoms with Gasteiger partial charge in [0.05, 0.1) is 5.60 Å². The molecule has 0 radical (unpaired) electrons. The number of rotatable bonds is 6. The molecule has 0 bridgehead atoms. The normalized spacial score (nSPS) is 23.9. The van der Waals surface area contributed by atoms with Gasteiger partial charge in [-0.05, 0) is 44.9 Å². The van der Waals surface area contributed by atoms with E-state index in [-0.39, 0.29) is 5.60 Å². The first-order valence-corrected chi connectivity index (χ1v) is 8.68. The van der Waals surface area contributed by atoms with Crippen molar-refractivity contribution in [3.8, 4) is 0 Å². The molecule has 108 valence electrons. The van der Waals surface area contributed by atoms with Gasteiger partial charge >= 0.3 is 0 Å². The topological polar surface area (TPSA) is 81.4 Å². The summed E-state index contributed by atoms with van der Waals surface area (Å²) >= 11 is 1.27. The van der Waals surface area contributed by atoms with Crippen LogP contribution in [0.25, 0.3) is 0 Å². The molecule has 0 spiro atoms. The van der Waals surface area contributed by atoms with Crippen molar-refractivity contribution < 1.29 is 13.2 Å². The van der Waals surface area contributed by atoms with Gasteiger partial charge in [-0.15, -0.1) is 11.3 Å². The first kappa shape index (κ1) is 14.9. The molecule has 0 aromatic carbocycles. The lowest BCUT2D eigenvalue weighted by atomic mass is 10.0. The highest BCUT2D eigenvalue weighted by molar-refractivity contribution is 7.91. The van der Waals surface area contributed by atoms with Gasteiger partial charge in [-0.3, -0.25) is 0 Å². The summed E-state index contributed by atoms with van der Waals surface area (Å²) in [5.41, 5.74) is 5.09. The standard InChI is InChI=1S/C12H20N2O3S2/c1-12(6-2-8-17-12)9-14-19(15,16)11-4-3-10(18-11)5-7-13/h3-4,14H,2,5-9,13H2,1H3. The van der Waals surface area contributed by atoms with E-state index in [0.29, 0.717) is 30.3 Å². The van der Waals surface area contributed by atoms with Crippen molar-refractivity contribution in [2.45, 2.75) is 36.0 Å². The van der Waals surface area contributed by atoms with Crippen molar-refractivity contribution >= 4 is 21.4 Å². The summed E-state index contributed by atoms with van der Waals surface area (Å²) in [5.74, 6) is 0. The first-order valence-electron chi connectivity index (χ1n) is 6.38. The summed E-state index contributed by atoms with van der Waals surface area (Å²) in [5, 5.41) is 0. The molecule has 2 rings (SSSR count). The van der Waals surface area contributed by atoms with Crippen molar-refractivity contribution in [2.24, 2.45) is 5.73 Å². The van der Waals surface area contributed by atoms with Gasteiger partial charge in [-0.1, -0.05) is 0 Å². The Morgan fingerprint density at radius 1 is 1.53 bits per heavy atom. The Morgan fingerprint density at radius 3 is 2.95 bits per heavy atom. The molecule has 1 aliphatic rings. The molecule has 2 heterocycles. The van der Waals surface area contributed by atoms with Gasteiger partial charge in [0.15, 0.2) is 0 Å². The third-order valence-corrected chi connectivity index (χ3v) is 6.27. The number of nitrogens with two attached hydrogens (primary N) is 1. The molecular weight excluding hydrogens is 284 g/mol. The third kappa shape index (κ3) is 3.76. The van der Waals surface area contributed by atoms with Crippen molar-refractivity contribution in [1.82, 2.24) is 4.72 Å². The zero-order valence-corrected chi connectivity index (χ0v) is 12.6. The molecule has 1 fully saturated rings. The Kier molecular flexibility index (Phi) is 4.62. The maximum Gasteiger partial charge on any atom is 0.250 e. The monoisotopic (exact) mass is 304 g/mol. The Hall–Kier alpha value is -0.470. The number of thiophene rings is 1. The number of hydrogen-bond acceptors (Lipinski definition) is 5. The molecule has 1 aliphatic heterocycles. The van der Waals surface area contributed by atoms with Gasteiger partial charge in [0.2, 0.25) is 10.0 Å². The van der Waals surface area contributed by atoms with E-state index in [9.17, 15) is 8.42 Å². The van der Waals surface area contributed by atoms with Crippen LogP contribution in [0.3, 0.4) is 0 Å². The van der Waals surface area contributed by atoms with E-state index in [1.54, 1.807) is 6.07 Å². The quantitative estimate of drug-likeness (QED) is 0.824. The summed E-state index contributed by atoms with van der Waals surface area (Å²) in [7, 11) is -3.44. The maximum absolute atomic E-state index is 12.2. The van der Waals surface area contributed by atoms with Gasteiger partial charge in [0.1, 0.15) is 4.21 Å². The second-order valence-electron chi connectivity index (χ2n) is 4.99. The van der Waals surface area contributed by atoms with Crippen LogP contribution in [0.1, 0.15) is 24.6 Å². The van der Waals surface area contributed by atoms with Crippen LogP contribution in [0.2, 0.25) is 0 Å². The highest BCUT2D eigenvalue weighted by Gasteiger charge is 2.31. The van der Waals surface area contributed by atoms with Crippen LogP contribution >= 0.6 is 11.3 Å². The van der Waals surface area contributed by atoms with Crippen molar-refractivity contribution in [1.29, 1.82) is 0 Å². The molecule has 1 saturated heterocycles. The van der Waals surface area contributed by atoms with Crippen molar-refractivity contribution in [3.63, 3.8) is 0 Å². The third-order valence-electron chi connectivity index (χ3n) is 3.23. The zero-order chi connectivity index (χ0) is 13.9. The van der Waals surface area contributed by atoms with Crippen LogP contribution in [0.4, 0.5) is 0 Å². The van der Waals surface area contributed by atoms with E-state index >= 15 is 0 Å². The fourth-order valence-electron chi connectivity index (χ4n) is 2.07. The molecule has 0 saturated carbocycles. The SMILES string of the molecule is CC1(CNS(=O)(=O)c2ccc(CCN)s2)CCCO1. The highest BCUT2D eigenvalue weighted by Crippen LogP contribution is 2.26. The zero-order valence-electron chi connectivity index (χ0n) is 11.0. The van der Waals surface area contributed by atoms with Gasteiger partial charge in [0, 0.05) is 18.0 Å². The van der Waals surface area contributed by atoms with E-state index in [1.807, 2.05) is 13.0 Å². The molecule has 19 heavy (non-hydrogen) atoms. The minimum absolute atomic E-state index is 0.319. The molecule has 1 unspecified atom stereocenters. The summed E-state index contributed by atoms with van der Waals surface area (Å²) in [4.78, 5) is 0.992. The van der Waals surface area contributed by atoms with E-state index in [0.717, 1.165) is 17.7 Å². The van der Waals surface area contributed by atoms with Gasteiger partial charge in [0.25, 0.3) is 0 Å². The molecule has 3 N–H and O–H groups in total. The molecular formula is C12H20N2O3S2. The predicted octanol–water partition coefficient (Wildman–Crippen LogP) is 1.10. The Morgan fingerprint density at radius 2 is 2.32 bits per heavy atom. The summed E-state index contributed by atoms with van der Waals surface area (Å²) in [6, 6.07) is 3.45. The molecule has 5 nitrogen and oxygen atoms in total. The van der Waals surface area contributed by atoms with E-state index in [4.69, 9.17) is 10.5 Å². The van der Waals surface area contributed by atoms with E-state index < -0.39 is 10.0 Å². The predicted molar refractivity (Wildman–Crippen MR) is 75.9 cm³/mol. The fourth-order valence-corrected chi connectivity index (χ4v) is 4.65. The second-order valence-corrected chi connectivity index (χ2v) is 8.15. The average Bonchev–Trinajstić information content (AvgIpc) is 2.98. The Labute approximate surface area is 118 Å². The van der Waals surface area contributed by atoms with E-state index in [1.165, 1.54) is 11.3 Å². The Balaban J connectivity index is 2.01. The van der Waals surface area contributed by atoms with Crippen molar-refractivity contribution in [2.75, 3.05) is 19.7 Å². The van der Waals surface area contributed by atoms with Crippen molar-refractivity contribution in [3.05, 3.63) is 17.0 Å². The average molecular weight is 304 g/mol. The van der Waals surface area contributed by atoms with Gasteiger partial charge in [-0.2, -0.15) is 0 Å². The van der Waals surface area contributed by atoms with Crippen LogP contribution in [-0.4, -0.2) is 33.7 Å². The molecule has 1 atom stereocenters. The fraction of sp³-hybridized carbons (Fsp3) is 0.667. The maximum atomic E-state index is 12.2. The van der Waals surface area contributed by atoms with Gasteiger partial charge < -0.3 is 10.5 Å². The van der Waals surface area contributed by atoms with Crippen LogP contribution in [0.15, 0.2) is 16.3 Å². The molecule has 1 aromatic rings. The molecule has 0 amide bonds. The van der Waals surface area contributed by atoms with Crippen LogP contribution in [-0.2, 0) is 21.2 Å². The lowest BCUT2D eigenvalue weighted by Gasteiger charge is -2.22. The lowest BCUT2D eigenvalue weighted by Crippen LogP contribution is -2.39.